The number of rotatable bonds is 3. The molecule has 0 saturated carbocycles. The van der Waals surface area contributed by atoms with Crippen LogP contribution in [0.5, 0.6) is 0 Å². The van der Waals surface area contributed by atoms with Gasteiger partial charge >= 0.3 is 88.7 Å². The summed E-state index contributed by atoms with van der Waals surface area (Å²) in [6.45, 7) is 0.465. The molecule has 0 radical (unpaired) electrons. The van der Waals surface area contributed by atoms with E-state index in [2.05, 4.69) is 43.0 Å². The van der Waals surface area contributed by atoms with Crippen molar-refractivity contribution in [1.82, 2.24) is 0 Å². The van der Waals surface area contributed by atoms with E-state index in [0.29, 0.717) is 6.54 Å². The SMILES string of the molecule is [CH3][Sn]([CH3])([CH3])[c]1cccc(CN=[N+]=[N-])c1. The molecule has 0 aliphatic rings. The van der Waals surface area contributed by atoms with Gasteiger partial charge in [0.25, 0.3) is 0 Å². The second-order valence-electron chi connectivity index (χ2n) is 4.34. The van der Waals surface area contributed by atoms with Crippen LogP contribution in [0.15, 0.2) is 29.4 Å². The van der Waals surface area contributed by atoms with Crippen molar-refractivity contribution in [1.29, 1.82) is 0 Å². The maximum atomic E-state index is 8.23. The van der Waals surface area contributed by atoms with Gasteiger partial charge in [-0.15, -0.1) is 0 Å². The minimum absolute atomic E-state index is 0.465. The Labute approximate surface area is 88.6 Å². The summed E-state index contributed by atoms with van der Waals surface area (Å²) in [7, 11) is 0. The van der Waals surface area contributed by atoms with Crippen molar-refractivity contribution >= 4 is 22.0 Å². The first-order valence-corrected chi connectivity index (χ1v) is 14.6. The van der Waals surface area contributed by atoms with E-state index in [1.54, 1.807) is 0 Å². The fourth-order valence-corrected chi connectivity index (χ4v) is 4.72. The van der Waals surface area contributed by atoms with Crippen molar-refractivity contribution in [3.8, 4) is 0 Å². The molecule has 0 bridgehead atoms. The summed E-state index contributed by atoms with van der Waals surface area (Å²) in [6, 6.07) is 8.44. The molecular weight excluding hydrogens is 281 g/mol. The van der Waals surface area contributed by atoms with Crippen LogP contribution in [0.4, 0.5) is 0 Å². The van der Waals surface area contributed by atoms with Gasteiger partial charge in [0.15, 0.2) is 0 Å². The number of hydrogen-bond acceptors (Lipinski definition) is 1. The summed E-state index contributed by atoms with van der Waals surface area (Å²) in [4.78, 5) is 9.89. The normalized spacial score (nSPS) is 10.8. The summed E-state index contributed by atoms with van der Waals surface area (Å²) in [5.41, 5.74) is 9.35. The first-order valence-electron chi connectivity index (χ1n) is 4.64. The number of azide groups is 1. The average molecular weight is 296 g/mol. The predicted molar refractivity (Wildman–Crippen MR) is 62.3 cm³/mol. The fourth-order valence-electron chi connectivity index (χ4n) is 1.25. The molecule has 0 saturated heterocycles. The van der Waals surface area contributed by atoms with Crippen molar-refractivity contribution < 1.29 is 0 Å². The first kappa shape index (κ1) is 11.4. The van der Waals surface area contributed by atoms with E-state index in [9.17, 15) is 0 Å². The third-order valence-corrected chi connectivity index (χ3v) is 7.94. The molecule has 4 heteroatoms. The van der Waals surface area contributed by atoms with Crippen LogP contribution in [0.1, 0.15) is 5.56 Å². The van der Waals surface area contributed by atoms with Gasteiger partial charge in [0.05, 0.1) is 0 Å². The molecule has 0 amide bonds. The third kappa shape index (κ3) is 3.23. The molecule has 0 aliphatic carbocycles. The van der Waals surface area contributed by atoms with Gasteiger partial charge in [0, 0.05) is 0 Å². The summed E-state index contributed by atoms with van der Waals surface area (Å²) in [6.07, 6.45) is 0. The molecule has 0 N–H and O–H groups in total. The van der Waals surface area contributed by atoms with Gasteiger partial charge in [-0.3, -0.25) is 0 Å². The average Bonchev–Trinajstić information content (AvgIpc) is 2.14. The summed E-state index contributed by atoms with van der Waals surface area (Å²) in [5, 5.41) is 3.57. The van der Waals surface area contributed by atoms with E-state index in [-0.39, 0.29) is 0 Å². The van der Waals surface area contributed by atoms with Crippen LogP contribution in [0, 0.1) is 0 Å². The summed E-state index contributed by atoms with van der Waals surface area (Å²) >= 11 is -1.95. The van der Waals surface area contributed by atoms with Crippen LogP contribution in [-0.2, 0) is 6.54 Å². The zero-order chi connectivity index (χ0) is 10.6. The van der Waals surface area contributed by atoms with E-state index < -0.39 is 18.4 Å². The number of nitrogens with zero attached hydrogens (tertiary/aromatic N) is 3. The van der Waals surface area contributed by atoms with E-state index in [0.717, 1.165) is 5.56 Å². The number of benzene rings is 1. The Kier molecular flexibility index (Phi) is 3.84. The Morgan fingerprint density at radius 2 is 2.07 bits per heavy atom. The van der Waals surface area contributed by atoms with Gasteiger partial charge in [-0.05, 0) is 0 Å². The quantitative estimate of drug-likeness (QED) is 0.356. The molecule has 0 fully saturated rings. The van der Waals surface area contributed by atoms with Crippen molar-refractivity contribution in [3.05, 3.63) is 40.3 Å². The van der Waals surface area contributed by atoms with Crippen LogP contribution in [0.25, 0.3) is 10.4 Å². The van der Waals surface area contributed by atoms with E-state index in [1.165, 1.54) is 3.58 Å². The monoisotopic (exact) mass is 297 g/mol. The van der Waals surface area contributed by atoms with E-state index >= 15 is 0 Å². The van der Waals surface area contributed by atoms with Crippen LogP contribution in [0.3, 0.4) is 0 Å². The van der Waals surface area contributed by atoms with Gasteiger partial charge in [0.2, 0.25) is 0 Å². The molecule has 0 atom stereocenters. The number of hydrogen-bond donors (Lipinski definition) is 0. The molecule has 1 rings (SSSR count). The minimum atomic E-state index is -1.95. The van der Waals surface area contributed by atoms with Gasteiger partial charge < -0.3 is 0 Å². The Morgan fingerprint density at radius 1 is 1.36 bits per heavy atom. The molecule has 0 aromatic heterocycles. The van der Waals surface area contributed by atoms with Gasteiger partial charge in [-0.2, -0.15) is 0 Å². The van der Waals surface area contributed by atoms with E-state index in [4.69, 9.17) is 5.53 Å². The molecule has 74 valence electrons. The molecule has 0 unspecified atom stereocenters. The van der Waals surface area contributed by atoms with Gasteiger partial charge in [0.1, 0.15) is 0 Å². The zero-order valence-electron chi connectivity index (χ0n) is 8.86. The predicted octanol–water partition coefficient (Wildman–Crippen LogP) is 3.04. The second kappa shape index (κ2) is 4.71. The Bertz CT molecular complexity index is 362. The topological polar surface area (TPSA) is 48.8 Å². The molecule has 0 spiro atoms. The Balaban J connectivity index is 2.95. The summed E-state index contributed by atoms with van der Waals surface area (Å²) in [5.74, 6) is 0. The molecule has 3 nitrogen and oxygen atoms in total. The van der Waals surface area contributed by atoms with Crippen LogP contribution in [-0.4, -0.2) is 18.4 Å². The molecular formula is C10H15N3Sn. The van der Waals surface area contributed by atoms with Crippen molar-refractivity contribution in [2.24, 2.45) is 5.11 Å². The second-order valence-corrected chi connectivity index (χ2v) is 18.8. The molecule has 1 aromatic carbocycles. The Hall–Kier alpha value is -0.671. The van der Waals surface area contributed by atoms with Crippen molar-refractivity contribution in [2.75, 3.05) is 0 Å². The van der Waals surface area contributed by atoms with Crippen LogP contribution in [0.2, 0.25) is 14.8 Å². The van der Waals surface area contributed by atoms with Crippen LogP contribution < -0.4 is 3.58 Å². The zero-order valence-corrected chi connectivity index (χ0v) is 11.7. The van der Waals surface area contributed by atoms with Gasteiger partial charge in [-0.1, -0.05) is 0 Å². The standard InChI is InChI=1S/C7H6N3.3CH3.Sn/c8-10-9-6-7-4-2-1-3-5-7;;;;/h1-2,4-5H,6H2;3*1H3;. The first-order chi connectivity index (χ1) is 6.54. The fraction of sp³-hybridized carbons (Fsp3) is 0.400. The molecule has 14 heavy (non-hydrogen) atoms. The van der Waals surface area contributed by atoms with Crippen molar-refractivity contribution in [2.45, 2.75) is 21.4 Å². The third-order valence-electron chi connectivity index (χ3n) is 2.11. The van der Waals surface area contributed by atoms with E-state index in [1.807, 2.05) is 6.07 Å². The Morgan fingerprint density at radius 3 is 2.64 bits per heavy atom. The maximum absolute atomic E-state index is 8.23. The van der Waals surface area contributed by atoms with Crippen LogP contribution >= 0.6 is 0 Å². The molecule has 0 aliphatic heterocycles. The summed E-state index contributed by atoms with van der Waals surface area (Å²) < 4.78 is 1.48. The van der Waals surface area contributed by atoms with Crippen molar-refractivity contribution in [3.63, 3.8) is 0 Å². The molecule has 1 aromatic rings. The molecule has 0 heterocycles. The van der Waals surface area contributed by atoms with Gasteiger partial charge in [-0.25, -0.2) is 0 Å².